The molecule has 3 rings (SSSR count). The summed E-state index contributed by atoms with van der Waals surface area (Å²) in [5.74, 6) is 0.262. The van der Waals surface area contributed by atoms with Crippen molar-refractivity contribution >= 4 is 38.9 Å². The molecule has 1 amide bonds. The van der Waals surface area contributed by atoms with Crippen LogP contribution in [0.15, 0.2) is 46.9 Å². The Morgan fingerprint density at radius 3 is 2.58 bits per heavy atom. The Bertz CT molecular complexity index is 833. The molecule has 0 aromatic heterocycles. The maximum absolute atomic E-state index is 12.5. The number of carbonyl (C=O) groups is 1. The number of amides is 1. The monoisotopic (exact) mass is 417 g/mol. The van der Waals surface area contributed by atoms with Gasteiger partial charge in [-0.1, -0.05) is 19.1 Å². The molecule has 1 N–H and O–H groups in total. The minimum atomic E-state index is -0.414. The first kappa shape index (κ1) is 18.4. The van der Waals surface area contributed by atoms with Gasteiger partial charge in [0.05, 0.1) is 10.6 Å². The van der Waals surface area contributed by atoms with E-state index in [0.717, 1.165) is 30.4 Å². The Kier molecular flexibility index (Phi) is 5.56. The summed E-state index contributed by atoms with van der Waals surface area (Å²) in [7, 11) is 0. The molecule has 7 heteroatoms. The number of hydrogen-bond acceptors (Lipinski definition) is 4. The van der Waals surface area contributed by atoms with Gasteiger partial charge in [-0.05, 0) is 59.0 Å². The Morgan fingerprint density at radius 2 is 1.92 bits per heavy atom. The molecule has 1 aliphatic heterocycles. The number of benzene rings is 2. The zero-order chi connectivity index (χ0) is 18.7. The van der Waals surface area contributed by atoms with Crippen LogP contribution in [0.3, 0.4) is 0 Å². The zero-order valence-corrected chi connectivity index (χ0v) is 16.0. The number of nitro benzene ring substituents is 1. The van der Waals surface area contributed by atoms with E-state index in [-0.39, 0.29) is 17.2 Å². The van der Waals surface area contributed by atoms with Crippen molar-refractivity contribution in [3.05, 3.63) is 62.6 Å². The Labute approximate surface area is 160 Å². The Hall–Kier alpha value is -2.41. The smallest absolute Gasteiger partial charge is 0.293 e. The predicted octanol–water partition coefficient (Wildman–Crippen LogP) is 4.85. The number of carbonyl (C=O) groups excluding carboxylic acids is 1. The summed E-state index contributed by atoms with van der Waals surface area (Å²) in [5, 5.41) is 14.3. The van der Waals surface area contributed by atoms with Gasteiger partial charge in [-0.3, -0.25) is 14.9 Å². The molecule has 2 aromatic rings. The fourth-order valence-electron chi connectivity index (χ4n) is 3.08. The number of piperidine rings is 1. The number of nitrogens with zero attached hydrogens (tertiary/aromatic N) is 2. The Balaban J connectivity index is 1.85. The van der Waals surface area contributed by atoms with Crippen molar-refractivity contribution in [3.8, 4) is 0 Å². The SMILES string of the molecule is CC1CCN(c2ccc(C(=O)Nc3ccccc3Br)cc2[N+](=O)[O-])CC1. The van der Waals surface area contributed by atoms with Crippen LogP contribution in [-0.4, -0.2) is 23.9 Å². The number of nitro groups is 1. The van der Waals surface area contributed by atoms with Crippen LogP contribution < -0.4 is 10.2 Å². The molecule has 2 aromatic carbocycles. The van der Waals surface area contributed by atoms with Crippen LogP contribution in [0.5, 0.6) is 0 Å². The molecule has 1 aliphatic rings. The van der Waals surface area contributed by atoms with Crippen LogP contribution in [0.25, 0.3) is 0 Å². The molecule has 0 saturated carbocycles. The molecule has 0 bridgehead atoms. The zero-order valence-electron chi connectivity index (χ0n) is 14.4. The normalized spacial score (nSPS) is 14.9. The van der Waals surface area contributed by atoms with Crippen molar-refractivity contribution in [2.24, 2.45) is 5.92 Å². The third-order valence-electron chi connectivity index (χ3n) is 4.68. The van der Waals surface area contributed by atoms with E-state index in [1.165, 1.54) is 6.07 Å². The summed E-state index contributed by atoms with van der Waals surface area (Å²) in [5.41, 5.74) is 1.44. The molecule has 1 fully saturated rings. The van der Waals surface area contributed by atoms with Crippen molar-refractivity contribution < 1.29 is 9.72 Å². The van der Waals surface area contributed by atoms with Gasteiger partial charge in [-0.15, -0.1) is 0 Å². The van der Waals surface area contributed by atoms with Crippen molar-refractivity contribution in [2.45, 2.75) is 19.8 Å². The van der Waals surface area contributed by atoms with E-state index >= 15 is 0 Å². The predicted molar refractivity (Wildman–Crippen MR) is 106 cm³/mol. The number of nitrogens with one attached hydrogen (secondary N) is 1. The van der Waals surface area contributed by atoms with Crippen LogP contribution in [-0.2, 0) is 0 Å². The van der Waals surface area contributed by atoms with Gasteiger partial charge in [0.1, 0.15) is 5.69 Å². The molecule has 1 heterocycles. The average molecular weight is 418 g/mol. The fourth-order valence-corrected chi connectivity index (χ4v) is 3.47. The van der Waals surface area contributed by atoms with Gasteiger partial charge in [-0.25, -0.2) is 0 Å². The standard InChI is InChI=1S/C19H20BrN3O3/c1-13-8-10-22(11-9-13)17-7-6-14(12-18(17)23(25)26)19(24)21-16-5-3-2-4-15(16)20/h2-7,12-13H,8-11H2,1H3,(H,21,24). The molecule has 0 radical (unpaired) electrons. The number of halogens is 1. The molecule has 26 heavy (non-hydrogen) atoms. The first-order chi connectivity index (χ1) is 12.5. The maximum atomic E-state index is 12.5. The van der Waals surface area contributed by atoms with E-state index in [1.54, 1.807) is 18.2 Å². The number of hydrogen-bond donors (Lipinski definition) is 1. The first-order valence-electron chi connectivity index (χ1n) is 8.55. The lowest BCUT2D eigenvalue weighted by Gasteiger charge is -2.31. The molecule has 0 spiro atoms. The van der Waals surface area contributed by atoms with Crippen molar-refractivity contribution in [1.82, 2.24) is 0 Å². The third-order valence-corrected chi connectivity index (χ3v) is 5.37. The minimum absolute atomic E-state index is 0.0284. The second kappa shape index (κ2) is 7.86. The molecule has 1 saturated heterocycles. The summed E-state index contributed by atoms with van der Waals surface area (Å²) in [6.45, 7) is 3.79. The number of anilines is 2. The summed E-state index contributed by atoms with van der Waals surface area (Å²) in [6.07, 6.45) is 2.03. The summed E-state index contributed by atoms with van der Waals surface area (Å²) < 4.78 is 0.752. The molecular formula is C19H20BrN3O3. The number of para-hydroxylation sites is 1. The van der Waals surface area contributed by atoms with E-state index < -0.39 is 4.92 Å². The van der Waals surface area contributed by atoms with Gasteiger partial charge in [0.15, 0.2) is 0 Å². The van der Waals surface area contributed by atoms with Gasteiger partial charge in [0.2, 0.25) is 0 Å². The van der Waals surface area contributed by atoms with Gasteiger partial charge in [-0.2, -0.15) is 0 Å². The second-order valence-corrected chi connectivity index (χ2v) is 7.42. The largest absolute Gasteiger partial charge is 0.366 e. The lowest BCUT2D eigenvalue weighted by atomic mass is 9.98. The van der Waals surface area contributed by atoms with Gasteiger partial charge in [0, 0.05) is 29.2 Å². The van der Waals surface area contributed by atoms with E-state index in [1.807, 2.05) is 23.1 Å². The van der Waals surface area contributed by atoms with Crippen LogP contribution in [0.1, 0.15) is 30.1 Å². The highest BCUT2D eigenvalue weighted by Gasteiger charge is 2.24. The van der Waals surface area contributed by atoms with E-state index in [2.05, 4.69) is 28.2 Å². The molecule has 6 nitrogen and oxygen atoms in total. The Morgan fingerprint density at radius 1 is 1.23 bits per heavy atom. The summed E-state index contributed by atoms with van der Waals surface area (Å²) in [4.78, 5) is 25.7. The van der Waals surface area contributed by atoms with Crippen molar-refractivity contribution in [3.63, 3.8) is 0 Å². The third kappa shape index (κ3) is 4.04. The van der Waals surface area contributed by atoms with Gasteiger partial charge in [0.25, 0.3) is 11.6 Å². The molecule has 136 valence electrons. The number of rotatable bonds is 4. The van der Waals surface area contributed by atoms with E-state index in [0.29, 0.717) is 17.3 Å². The van der Waals surface area contributed by atoms with E-state index in [9.17, 15) is 14.9 Å². The molecular weight excluding hydrogens is 398 g/mol. The molecule has 0 atom stereocenters. The maximum Gasteiger partial charge on any atom is 0.293 e. The van der Waals surface area contributed by atoms with Crippen LogP contribution in [0, 0.1) is 16.0 Å². The van der Waals surface area contributed by atoms with Crippen LogP contribution >= 0.6 is 15.9 Å². The summed E-state index contributed by atoms with van der Waals surface area (Å²) in [6, 6.07) is 11.9. The topological polar surface area (TPSA) is 75.5 Å². The quantitative estimate of drug-likeness (QED) is 0.569. The lowest BCUT2D eigenvalue weighted by Crippen LogP contribution is -2.33. The molecule has 0 aliphatic carbocycles. The highest BCUT2D eigenvalue weighted by Crippen LogP contribution is 2.32. The molecule has 0 unspecified atom stereocenters. The average Bonchev–Trinajstić information content (AvgIpc) is 2.63. The highest BCUT2D eigenvalue weighted by atomic mass is 79.9. The first-order valence-corrected chi connectivity index (χ1v) is 9.34. The fraction of sp³-hybridized carbons (Fsp3) is 0.316. The van der Waals surface area contributed by atoms with Crippen LogP contribution in [0.4, 0.5) is 17.1 Å². The van der Waals surface area contributed by atoms with E-state index in [4.69, 9.17) is 0 Å². The van der Waals surface area contributed by atoms with Crippen molar-refractivity contribution in [2.75, 3.05) is 23.3 Å². The van der Waals surface area contributed by atoms with Crippen LogP contribution in [0.2, 0.25) is 0 Å². The minimum Gasteiger partial charge on any atom is -0.366 e. The second-order valence-electron chi connectivity index (χ2n) is 6.56. The summed E-state index contributed by atoms with van der Waals surface area (Å²) >= 11 is 3.37. The van der Waals surface area contributed by atoms with Crippen molar-refractivity contribution in [1.29, 1.82) is 0 Å². The lowest BCUT2D eigenvalue weighted by molar-refractivity contribution is -0.384. The van der Waals surface area contributed by atoms with Gasteiger partial charge < -0.3 is 10.2 Å². The highest BCUT2D eigenvalue weighted by molar-refractivity contribution is 9.10. The van der Waals surface area contributed by atoms with Gasteiger partial charge >= 0.3 is 0 Å².